The molecule has 1 aromatic heterocycles. The number of pyridine rings is 1. The van der Waals surface area contributed by atoms with E-state index < -0.39 is 0 Å². The number of hydrogen-bond donors (Lipinski definition) is 1. The zero-order valence-electron chi connectivity index (χ0n) is 14.1. The Balaban J connectivity index is 1.90. The molecule has 26 heavy (non-hydrogen) atoms. The van der Waals surface area contributed by atoms with Gasteiger partial charge in [0.25, 0.3) is 0 Å². The summed E-state index contributed by atoms with van der Waals surface area (Å²) in [5.41, 5.74) is 2.60. The molecule has 0 radical (unpaired) electrons. The van der Waals surface area contributed by atoms with Crippen molar-refractivity contribution in [3.05, 3.63) is 59.4 Å². The molecule has 0 saturated heterocycles. The lowest BCUT2D eigenvalue weighted by atomic mass is 10.0. The third-order valence-corrected chi connectivity index (χ3v) is 4.45. The monoisotopic (exact) mass is 370 g/mol. The Bertz CT molecular complexity index is 961. The zero-order chi connectivity index (χ0) is 18.1. The average molecular weight is 371 g/mol. The van der Waals surface area contributed by atoms with Gasteiger partial charge in [0, 0.05) is 16.1 Å². The summed E-state index contributed by atoms with van der Waals surface area (Å²) < 4.78 is 25.4. The van der Waals surface area contributed by atoms with Crippen LogP contribution in [0.5, 0.6) is 11.5 Å². The lowest BCUT2D eigenvalue weighted by Crippen LogP contribution is -2.20. The van der Waals surface area contributed by atoms with Gasteiger partial charge in [0.15, 0.2) is 11.6 Å². The SMILES string of the molecule is COc1ccc(-c2cc(-c3cc(Cl)ccc3F)nc3c2OCCN3)cc1. The van der Waals surface area contributed by atoms with Crippen molar-refractivity contribution in [2.75, 3.05) is 25.6 Å². The summed E-state index contributed by atoms with van der Waals surface area (Å²) in [5, 5.41) is 3.68. The summed E-state index contributed by atoms with van der Waals surface area (Å²) in [5.74, 6) is 1.64. The first-order chi connectivity index (χ1) is 12.7. The van der Waals surface area contributed by atoms with E-state index in [2.05, 4.69) is 10.3 Å². The number of aromatic nitrogens is 1. The molecular weight excluding hydrogens is 355 g/mol. The van der Waals surface area contributed by atoms with Crippen LogP contribution in [-0.4, -0.2) is 25.2 Å². The Kier molecular flexibility index (Phi) is 4.39. The van der Waals surface area contributed by atoms with E-state index in [-0.39, 0.29) is 5.82 Å². The maximum absolute atomic E-state index is 14.4. The first-order valence-electron chi connectivity index (χ1n) is 8.17. The van der Waals surface area contributed by atoms with Crippen LogP contribution in [0, 0.1) is 5.82 Å². The van der Waals surface area contributed by atoms with Crippen LogP contribution in [-0.2, 0) is 0 Å². The van der Waals surface area contributed by atoms with Gasteiger partial charge in [0.2, 0.25) is 0 Å². The highest BCUT2D eigenvalue weighted by Gasteiger charge is 2.20. The first-order valence-corrected chi connectivity index (χ1v) is 8.55. The number of rotatable bonds is 3. The van der Waals surface area contributed by atoms with Gasteiger partial charge in [0.05, 0.1) is 19.3 Å². The van der Waals surface area contributed by atoms with Crippen LogP contribution in [0.3, 0.4) is 0 Å². The molecule has 0 bridgehead atoms. The second kappa shape index (κ2) is 6.84. The van der Waals surface area contributed by atoms with Gasteiger partial charge in [-0.3, -0.25) is 0 Å². The second-order valence-corrected chi connectivity index (χ2v) is 6.30. The van der Waals surface area contributed by atoms with Gasteiger partial charge in [-0.1, -0.05) is 23.7 Å². The van der Waals surface area contributed by atoms with Crippen LogP contribution in [0.2, 0.25) is 5.02 Å². The number of fused-ring (bicyclic) bond motifs is 1. The van der Waals surface area contributed by atoms with E-state index in [1.807, 2.05) is 30.3 Å². The van der Waals surface area contributed by atoms with Gasteiger partial charge >= 0.3 is 0 Å². The molecule has 1 N–H and O–H groups in total. The third-order valence-electron chi connectivity index (χ3n) is 4.22. The van der Waals surface area contributed by atoms with Crippen LogP contribution in [0.15, 0.2) is 48.5 Å². The van der Waals surface area contributed by atoms with E-state index in [9.17, 15) is 4.39 Å². The van der Waals surface area contributed by atoms with Gasteiger partial charge in [-0.25, -0.2) is 9.37 Å². The Labute approximate surface area is 155 Å². The van der Waals surface area contributed by atoms with Crippen molar-refractivity contribution in [1.82, 2.24) is 4.98 Å². The molecule has 4 rings (SSSR count). The molecule has 4 nitrogen and oxygen atoms in total. The van der Waals surface area contributed by atoms with Crippen molar-refractivity contribution in [1.29, 1.82) is 0 Å². The summed E-state index contributed by atoms with van der Waals surface area (Å²) in [6, 6.07) is 13.9. The van der Waals surface area contributed by atoms with Crippen LogP contribution < -0.4 is 14.8 Å². The highest BCUT2D eigenvalue weighted by atomic mass is 35.5. The van der Waals surface area contributed by atoms with Crippen LogP contribution in [0.4, 0.5) is 10.2 Å². The fourth-order valence-corrected chi connectivity index (χ4v) is 3.11. The minimum Gasteiger partial charge on any atom is -0.497 e. The van der Waals surface area contributed by atoms with E-state index >= 15 is 0 Å². The number of anilines is 1. The molecular formula is C20H16ClFN2O2. The predicted octanol–water partition coefficient (Wildman–Crippen LogP) is 5.02. The molecule has 0 amide bonds. The number of hydrogen-bond acceptors (Lipinski definition) is 4. The molecule has 1 aliphatic heterocycles. The zero-order valence-corrected chi connectivity index (χ0v) is 14.8. The summed E-state index contributed by atoms with van der Waals surface area (Å²) in [7, 11) is 1.62. The van der Waals surface area contributed by atoms with Gasteiger partial charge < -0.3 is 14.8 Å². The molecule has 2 heterocycles. The lowest BCUT2D eigenvalue weighted by molar-refractivity contribution is 0.323. The molecule has 0 saturated carbocycles. The van der Waals surface area contributed by atoms with Gasteiger partial charge in [-0.2, -0.15) is 0 Å². The molecule has 0 unspecified atom stereocenters. The smallest absolute Gasteiger partial charge is 0.170 e. The molecule has 3 aromatic rings. The molecule has 1 aliphatic rings. The quantitative estimate of drug-likeness (QED) is 0.703. The number of nitrogens with one attached hydrogen (secondary N) is 1. The topological polar surface area (TPSA) is 43.4 Å². The summed E-state index contributed by atoms with van der Waals surface area (Å²) in [6.45, 7) is 1.19. The lowest BCUT2D eigenvalue weighted by Gasteiger charge is -2.22. The van der Waals surface area contributed by atoms with Gasteiger partial charge in [-0.15, -0.1) is 0 Å². The predicted molar refractivity (Wildman–Crippen MR) is 101 cm³/mol. The van der Waals surface area contributed by atoms with E-state index in [4.69, 9.17) is 21.1 Å². The van der Waals surface area contributed by atoms with Crippen molar-refractivity contribution in [2.24, 2.45) is 0 Å². The Hall–Kier alpha value is -2.79. The number of halogens is 2. The fourth-order valence-electron chi connectivity index (χ4n) is 2.94. The maximum Gasteiger partial charge on any atom is 0.170 e. The normalized spacial score (nSPS) is 12.7. The molecule has 6 heteroatoms. The highest BCUT2D eigenvalue weighted by Crippen LogP contribution is 2.40. The molecule has 0 fully saturated rings. The number of nitrogens with zero attached hydrogens (tertiary/aromatic N) is 1. The summed E-state index contributed by atoms with van der Waals surface area (Å²) >= 11 is 6.05. The average Bonchev–Trinajstić information content (AvgIpc) is 2.69. The Morgan fingerprint density at radius 3 is 2.69 bits per heavy atom. The molecule has 2 aromatic carbocycles. The summed E-state index contributed by atoms with van der Waals surface area (Å²) in [4.78, 5) is 4.55. The Morgan fingerprint density at radius 1 is 1.12 bits per heavy atom. The van der Waals surface area contributed by atoms with Crippen molar-refractivity contribution < 1.29 is 13.9 Å². The molecule has 0 spiro atoms. The Morgan fingerprint density at radius 2 is 1.92 bits per heavy atom. The fraction of sp³-hybridized carbons (Fsp3) is 0.150. The van der Waals surface area contributed by atoms with E-state index in [1.165, 1.54) is 12.1 Å². The van der Waals surface area contributed by atoms with Gasteiger partial charge in [-0.05, 0) is 42.0 Å². The van der Waals surface area contributed by atoms with Crippen molar-refractivity contribution in [3.63, 3.8) is 0 Å². The third kappa shape index (κ3) is 3.06. The number of methoxy groups -OCH3 is 1. The van der Waals surface area contributed by atoms with Crippen molar-refractivity contribution in [2.45, 2.75) is 0 Å². The van der Waals surface area contributed by atoms with Gasteiger partial charge in [0.1, 0.15) is 18.2 Å². The van der Waals surface area contributed by atoms with Crippen LogP contribution >= 0.6 is 11.6 Å². The first kappa shape index (κ1) is 16.7. The molecule has 132 valence electrons. The minimum absolute atomic E-state index is 0.349. The minimum atomic E-state index is -0.376. The van der Waals surface area contributed by atoms with Crippen LogP contribution in [0.25, 0.3) is 22.4 Å². The standard InChI is InChI=1S/C20H16ClFN2O2/c1-25-14-5-2-12(3-6-14)15-11-18(16-10-13(21)4-7-17(16)22)24-20-19(15)26-9-8-23-20/h2-7,10-11H,8-9H2,1H3,(H,23,24). The molecule has 0 aliphatic carbocycles. The number of benzene rings is 2. The van der Waals surface area contributed by atoms with Crippen molar-refractivity contribution >= 4 is 17.4 Å². The number of ether oxygens (including phenoxy) is 2. The van der Waals surface area contributed by atoms with E-state index in [0.29, 0.717) is 41.0 Å². The van der Waals surface area contributed by atoms with Crippen LogP contribution in [0.1, 0.15) is 0 Å². The van der Waals surface area contributed by atoms with Crippen molar-refractivity contribution in [3.8, 4) is 33.9 Å². The van der Waals surface area contributed by atoms with E-state index in [1.54, 1.807) is 13.2 Å². The maximum atomic E-state index is 14.4. The van der Waals surface area contributed by atoms with E-state index in [0.717, 1.165) is 16.9 Å². The largest absolute Gasteiger partial charge is 0.497 e. The highest BCUT2D eigenvalue weighted by molar-refractivity contribution is 6.30. The summed E-state index contributed by atoms with van der Waals surface area (Å²) in [6.07, 6.45) is 0. The second-order valence-electron chi connectivity index (χ2n) is 5.86. The molecule has 0 atom stereocenters.